The first-order valence-electron chi connectivity index (χ1n) is 17.1. The minimum Gasteiger partial charge on any atom is -0.0901 e. The first-order chi connectivity index (χ1) is 25.8. The van der Waals surface area contributed by atoms with E-state index in [4.69, 9.17) is 0 Å². The van der Waals surface area contributed by atoms with E-state index in [1.54, 1.807) is 23.5 Å². The van der Waals surface area contributed by atoms with Crippen LogP contribution in [-0.2, 0) is 21.8 Å². The third-order valence-corrected chi connectivity index (χ3v) is 14.5. The molecule has 0 saturated heterocycles. The molecule has 0 atom stereocenters. The number of benzene rings is 8. The summed E-state index contributed by atoms with van der Waals surface area (Å²) in [7, 11) is -0.157. The molecule has 0 unspecified atom stereocenters. The SMILES string of the molecule is c1ccc(Sc2ccc([S+](c3ccccc3)c3ccccc3)cc2)cc1.c1ccc(Sc2ccc([S+](c3ccccc3)c3ccccc3)cc2)cc1. The molecule has 0 N–H and O–H groups in total. The van der Waals surface area contributed by atoms with Gasteiger partial charge in [-0.2, -0.15) is 0 Å². The molecule has 8 aromatic carbocycles. The second-order valence-corrected chi connectivity index (χ2v) is 18.0. The number of hydrogen-bond acceptors (Lipinski definition) is 2. The zero-order valence-electron chi connectivity index (χ0n) is 28.6. The van der Waals surface area contributed by atoms with Crippen molar-refractivity contribution in [3.63, 3.8) is 0 Å². The maximum Gasteiger partial charge on any atom is 0.166 e. The number of hydrogen-bond donors (Lipinski definition) is 0. The van der Waals surface area contributed by atoms with Crippen LogP contribution in [0, 0.1) is 0 Å². The molecule has 0 spiro atoms. The van der Waals surface area contributed by atoms with E-state index in [0.717, 1.165) is 0 Å². The van der Waals surface area contributed by atoms with E-state index in [1.165, 1.54) is 49.0 Å². The fourth-order valence-corrected chi connectivity index (χ4v) is 11.4. The Labute approximate surface area is 322 Å². The van der Waals surface area contributed by atoms with Crippen LogP contribution >= 0.6 is 23.5 Å². The van der Waals surface area contributed by atoms with Gasteiger partial charge in [-0.05, 0) is 121 Å². The van der Waals surface area contributed by atoms with E-state index < -0.39 is 0 Å². The highest BCUT2D eigenvalue weighted by Gasteiger charge is 2.29. The van der Waals surface area contributed by atoms with Crippen LogP contribution in [0.15, 0.2) is 279 Å². The van der Waals surface area contributed by atoms with Gasteiger partial charge in [0, 0.05) is 19.6 Å². The van der Waals surface area contributed by atoms with E-state index in [2.05, 4.69) is 231 Å². The van der Waals surface area contributed by atoms with Gasteiger partial charge in [0.25, 0.3) is 0 Å². The predicted molar refractivity (Wildman–Crippen MR) is 224 cm³/mol. The average Bonchev–Trinajstić information content (AvgIpc) is 3.22. The van der Waals surface area contributed by atoms with Gasteiger partial charge in [0.15, 0.2) is 29.4 Å². The lowest BCUT2D eigenvalue weighted by Crippen LogP contribution is -2.04. The van der Waals surface area contributed by atoms with Gasteiger partial charge < -0.3 is 0 Å². The van der Waals surface area contributed by atoms with Crippen LogP contribution in [0.5, 0.6) is 0 Å². The summed E-state index contributed by atoms with van der Waals surface area (Å²) in [6.07, 6.45) is 0. The third-order valence-electron chi connectivity index (χ3n) is 7.99. The molecule has 8 aromatic rings. The Morgan fingerprint density at radius 3 is 0.635 bits per heavy atom. The van der Waals surface area contributed by atoms with E-state index in [-0.39, 0.29) is 21.8 Å². The van der Waals surface area contributed by atoms with Crippen LogP contribution in [0.4, 0.5) is 0 Å². The summed E-state index contributed by atoms with van der Waals surface area (Å²) in [5, 5.41) is 0. The van der Waals surface area contributed by atoms with Crippen molar-refractivity contribution in [2.75, 3.05) is 0 Å². The lowest BCUT2D eigenvalue weighted by Gasteiger charge is -2.08. The maximum absolute atomic E-state index is 2.27. The molecule has 0 amide bonds. The normalized spacial score (nSPS) is 10.8. The van der Waals surface area contributed by atoms with E-state index >= 15 is 0 Å². The van der Waals surface area contributed by atoms with Gasteiger partial charge >= 0.3 is 0 Å². The summed E-state index contributed by atoms with van der Waals surface area (Å²) < 4.78 is 0. The first-order valence-corrected chi connectivity index (χ1v) is 21.2. The smallest absolute Gasteiger partial charge is 0.0901 e. The van der Waals surface area contributed by atoms with E-state index in [0.29, 0.717) is 0 Å². The minimum absolute atomic E-state index is 0.0786. The second kappa shape index (κ2) is 18.6. The molecular formula is C48H38S4+2. The maximum atomic E-state index is 2.27. The Morgan fingerprint density at radius 2 is 0.385 bits per heavy atom. The van der Waals surface area contributed by atoms with E-state index in [1.807, 2.05) is 0 Å². The summed E-state index contributed by atoms with van der Waals surface area (Å²) in [6, 6.07) is 82.2. The summed E-state index contributed by atoms with van der Waals surface area (Å²) in [6.45, 7) is 0. The quantitative estimate of drug-likeness (QED) is 0.128. The van der Waals surface area contributed by atoms with Gasteiger partial charge in [0.2, 0.25) is 0 Å². The highest BCUT2D eigenvalue weighted by Crippen LogP contribution is 2.35. The largest absolute Gasteiger partial charge is 0.166 e. The van der Waals surface area contributed by atoms with Gasteiger partial charge in [-0.3, -0.25) is 0 Å². The molecule has 4 heteroatoms. The minimum atomic E-state index is -0.0786. The Hall–Kier alpha value is -4.84. The lowest BCUT2D eigenvalue weighted by atomic mass is 10.3. The van der Waals surface area contributed by atoms with Crippen LogP contribution in [-0.4, -0.2) is 0 Å². The van der Waals surface area contributed by atoms with Crippen molar-refractivity contribution in [3.8, 4) is 0 Å². The van der Waals surface area contributed by atoms with Crippen molar-refractivity contribution in [1.82, 2.24) is 0 Å². The van der Waals surface area contributed by atoms with Crippen LogP contribution in [0.25, 0.3) is 0 Å². The van der Waals surface area contributed by atoms with Crippen molar-refractivity contribution in [1.29, 1.82) is 0 Å². The van der Waals surface area contributed by atoms with Gasteiger partial charge in [-0.25, -0.2) is 0 Å². The summed E-state index contributed by atoms with van der Waals surface area (Å²) in [4.78, 5) is 13.2. The second-order valence-electron chi connectivity index (χ2n) is 11.6. The molecule has 0 bridgehead atoms. The van der Waals surface area contributed by atoms with Crippen LogP contribution < -0.4 is 0 Å². The molecule has 0 aliphatic carbocycles. The molecule has 0 nitrogen and oxygen atoms in total. The van der Waals surface area contributed by atoms with Crippen molar-refractivity contribution in [2.24, 2.45) is 0 Å². The number of rotatable bonds is 10. The molecule has 0 aliphatic heterocycles. The molecular weight excluding hydrogens is 705 g/mol. The zero-order valence-corrected chi connectivity index (χ0v) is 31.8. The van der Waals surface area contributed by atoms with Crippen molar-refractivity contribution in [2.45, 2.75) is 49.0 Å². The topological polar surface area (TPSA) is 0 Å². The Bertz CT molecular complexity index is 1950. The first kappa shape index (κ1) is 35.6. The Morgan fingerprint density at radius 1 is 0.192 bits per heavy atom. The van der Waals surface area contributed by atoms with Crippen LogP contribution in [0.1, 0.15) is 0 Å². The summed E-state index contributed by atoms with van der Waals surface area (Å²) in [5.41, 5.74) is 0. The Kier molecular flexibility index (Phi) is 12.7. The molecule has 252 valence electrons. The van der Waals surface area contributed by atoms with Crippen LogP contribution in [0.2, 0.25) is 0 Å². The third kappa shape index (κ3) is 9.73. The van der Waals surface area contributed by atoms with Gasteiger partial charge in [-0.1, -0.05) is 133 Å². The van der Waals surface area contributed by atoms with Gasteiger partial charge in [0.05, 0.1) is 21.8 Å². The summed E-state index contributed by atoms with van der Waals surface area (Å²) in [5.74, 6) is 0. The van der Waals surface area contributed by atoms with Gasteiger partial charge in [-0.15, -0.1) is 0 Å². The monoisotopic (exact) mass is 742 g/mol. The van der Waals surface area contributed by atoms with Gasteiger partial charge in [0.1, 0.15) is 0 Å². The predicted octanol–water partition coefficient (Wildman–Crippen LogP) is 13.9. The van der Waals surface area contributed by atoms with Crippen molar-refractivity contribution >= 4 is 45.3 Å². The Balaban J connectivity index is 0.000000162. The zero-order chi connectivity index (χ0) is 35.2. The lowest BCUT2D eigenvalue weighted by molar-refractivity contribution is 1.28. The molecule has 0 aliphatic rings. The molecule has 0 radical (unpaired) electrons. The highest BCUT2D eigenvalue weighted by atomic mass is 32.2. The molecule has 52 heavy (non-hydrogen) atoms. The molecule has 0 fully saturated rings. The molecule has 0 saturated carbocycles. The van der Waals surface area contributed by atoms with E-state index in [9.17, 15) is 0 Å². The van der Waals surface area contributed by atoms with Crippen LogP contribution in [0.3, 0.4) is 0 Å². The fourth-order valence-electron chi connectivity index (χ4n) is 5.58. The summed E-state index contributed by atoms with van der Waals surface area (Å²) >= 11 is 3.61. The van der Waals surface area contributed by atoms with Crippen molar-refractivity contribution in [3.05, 3.63) is 231 Å². The highest BCUT2D eigenvalue weighted by molar-refractivity contribution is 7.99. The molecule has 0 heterocycles. The van der Waals surface area contributed by atoms with Crippen molar-refractivity contribution < 1.29 is 0 Å². The standard InChI is InChI=1S/2C24H19S2/c2*1-4-10-20(11-5-1)25-21-16-18-24(19-17-21)26(22-12-6-2-7-13-22)23-14-8-3-9-15-23/h2*1-19H/q2*+1. The fraction of sp³-hybridized carbons (Fsp3) is 0. The molecule has 0 aromatic heterocycles. The molecule has 8 rings (SSSR count). The average molecular weight is 743 g/mol.